The molecule has 2 aromatic carbocycles. The molecule has 1 heterocycles. The predicted molar refractivity (Wildman–Crippen MR) is 126 cm³/mol. The molecule has 1 fully saturated rings. The Morgan fingerprint density at radius 3 is 2.31 bits per heavy atom. The minimum atomic E-state index is -0.0358. The molecule has 0 aliphatic carbocycles. The summed E-state index contributed by atoms with van der Waals surface area (Å²) in [5, 5.41) is 3.01. The van der Waals surface area contributed by atoms with Crippen molar-refractivity contribution in [1.82, 2.24) is 9.80 Å². The van der Waals surface area contributed by atoms with Crippen LogP contribution >= 0.6 is 0 Å². The van der Waals surface area contributed by atoms with Gasteiger partial charge in [0.1, 0.15) is 0 Å². The highest BCUT2D eigenvalue weighted by molar-refractivity contribution is 5.95. The van der Waals surface area contributed by atoms with Crippen LogP contribution in [0.15, 0.2) is 36.4 Å². The first kappa shape index (κ1) is 23.6. The average molecular weight is 440 g/mol. The van der Waals surface area contributed by atoms with Gasteiger partial charge in [0.2, 0.25) is 5.91 Å². The standard InChI is InChI=1S/C25H33N3O4/c1-5-31-22-11-10-20(16-23(22)32-6-2)25(30)28-14-12-27(13-15-28)17-24(29)26-21-9-7-8-18(3)19(21)4/h7-11,16H,5-6,12-15,17H2,1-4H3,(H,26,29). The summed E-state index contributed by atoms with van der Waals surface area (Å²) in [7, 11) is 0. The molecule has 172 valence electrons. The Bertz CT molecular complexity index is 952. The molecule has 3 rings (SSSR count). The first-order valence-electron chi connectivity index (χ1n) is 11.2. The van der Waals surface area contributed by atoms with E-state index in [0.717, 1.165) is 16.8 Å². The van der Waals surface area contributed by atoms with Crippen LogP contribution in [0.2, 0.25) is 0 Å². The maximum atomic E-state index is 13.0. The molecule has 1 N–H and O–H groups in total. The fraction of sp³-hybridized carbons (Fsp3) is 0.440. The van der Waals surface area contributed by atoms with Gasteiger partial charge in [0.15, 0.2) is 11.5 Å². The van der Waals surface area contributed by atoms with Crippen molar-refractivity contribution in [3.63, 3.8) is 0 Å². The molecular formula is C25H33N3O4. The number of benzene rings is 2. The van der Waals surface area contributed by atoms with Gasteiger partial charge in [-0.15, -0.1) is 0 Å². The zero-order valence-electron chi connectivity index (χ0n) is 19.4. The molecule has 0 spiro atoms. The monoisotopic (exact) mass is 439 g/mol. The number of nitrogens with one attached hydrogen (secondary N) is 1. The van der Waals surface area contributed by atoms with Gasteiger partial charge in [0.25, 0.3) is 5.91 Å². The van der Waals surface area contributed by atoms with Crippen LogP contribution in [-0.2, 0) is 4.79 Å². The van der Waals surface area contributed by atoms with Crippen molar-refractivity contribution in [1.29, 1.82) is 0 Å². The summed E-state index contributed by atoms with van der Waals surface area (Å²) in [6.07, 6.45) is 0. The highest BCUT2D eigenvalue weighted by Crippen LogP contribution is 2.29. The maximum Gasteiger partial charge on any atom is 0.254 e. The number of carbonyl (C=O) groups excluding carboxylic acids is 2. The van der Waals surface area contributed by atoms with E-state index in [4.69, 9.17) is 9.47 Å². The van der Waals surface area contributed by atoms with Gasteiger partial charge in [-0.05, 0) is 63.1 Å². The third-order valence-electron chi connectivity index (χ3n) is 5.70. The third kappa shape index (κ3) is 5.79. The second kappa shape index (κ2) is 11.0. The second-order valence-electron chi connectivity index (χ2n) is 7.89. The summed E-state index contributed by atoms with van der Waals surface area (Å²) in [5.41, 5.74) is 3.66. The third-order valence-corrected chi connectivity index (χ3v) is 5.70. The van der Waals surface area contributed by atoms with Crippen molar-refractivity contribution < 1.29 is 19.1 Å². The van der Waals surface area contributed by atoms with Gasteiger partial charge in [0, 0.05) is 37.4 Å². The highest BCUT2D eigenvalue weighted by atomic mass is 16.5. The van der Waals surface area contributed by atoms with Crippen LogP contribution in [0, 0.1) is 13.8 Å². The Balaban J connectivity index is 1.55. The zero-order valence-corrected chi connectivity index (χ0v) is 19.4. The molecule has 0 atom stereocenters. The molecule has 0 aromatic heterocycles. The number of aryl methyl sites for hydroxylation is 1. The number of anilines is 1. The molecule has 2 amide bonds. The minimum absolute atomic E-state index is 0.0338. The highest BCUT2D eigenvalue weighted by Gasteiger charge is 2.24. The number of piperazine rings is 1. The van der Waals surface area contributed by atoms with Crippen LogP contribution in [-0.4, -0.2) is 67.6 Å². The van der Waals surface area contributed by atoms with Crippen LogP contribution in [0.3, 0.4) is 0 Å². The lowest BCUT2D eigenvalue weighted by Gasteiger charge is -2.34. The van der Waals surface area contributed by atoms with Crippen molar-refractivity contribution in [2.45, 2.75) is 27.7 Å². The molecule has 0 saturated carbocycles. The number of carbonyl (C=O) groups is 2. The quantitative estimate of drug-likeness (QED) is 0.682. The van der Waals surface area contributed by atoms with E-state index in [9.17, 15) is 9.59 Å². The Morgan fingerprint density at radius 1 is 0.938 bits per heavy atom. The smallest absolute Gasteiger partial charge is 0.254 e. The van der Waals surface area contributed by atoms with Crippen molar-refractivity contribution in [2.24, 2.45) is 0 Å². The van der Waals surface area contributed by atoms with E-state index in [-0.39, 0.29) is 11.8 Å². The minimum Gasteiger partial charge on any atom is -0.490 e. The number of amides is 2. The summed E-state index contributed by atoms with van der Waals surface area (Å²) in [6, 6.07) is 11.2. The lowest BCUT2D eigenvalue weighted by atomic mass is 10.1. The van der Waals surface area contributed by atoms with Gasteiger partial charge in [-0.3, -0.25) is 14.5 Å². The topological polar surface area (TPSA) is 71.1 Å². The molecule has 7 nitrogen and oxygen atoms in total. The van der Waals surface area contributed by atoms with Crippen molar-refractivity contribution in [3.8, 4) is 11.5 Å². The molecule has 0 bridgehead atoms. The molecule has 0 radical (unpaired) electrons. The molecular weight excluding hydrogens is 406 g/mol. The Morgan fingerprint density at radius 2 is 1.62 bits per heavy atom. The fourth-order valence-corrected chi connectivity index (χ4v) is 3.76. The maximum absolute atomic E-state index is 13.0. The Hall–Kier alpha value is -3.06. The number of rotatable bonds is 8. The van der Waals surface area contributed by atoms with Gasteiger partial charge in [-0.1, -0.05) is 12.1 Å². The molecule has 1 aliphatic heterocycles. The summed E-state index contributed by atoms with van der Waals surface area (Å²) in [6.45, 7) is 11.7. The predicted octanol–water partition coefficient (Wildman–Crippen LogP) is 3.50. The molecule has 1 aliphatic rings. The van der Waals surface area contributed by atoms with Crippen LogP contribution in [0.4, 0.5) is 5.69 Å². The van der Waals surface area contributed by atoms with E-state index >= 15 is 0 Å². The van der Waals surface area contributed by atoms with E-state index in [1.807, 2.05) is 50.8 Å². The van der Waals surface area contributed by atoms with E-state index in [1.165, 1.54) is 0 Å². The van der Waals surface area contributed by atoms with Crippen LogP contribution < -0.4 is 14.8 Å². The SMILES string of the molecule is CCOc1ccc(C(=O)N2CCN(CC(=O)Nc3cccc(C)c3C)CC2)cc1OCC. The summed E-state index contributed by atoms with van der Waals surface area (Å²) < 4.78 is 11.2. The van der Waals surface area contributed by atoms with E-state index < -0.39 is 0 Å². The summed E-state index contributed by atoms with van der Waals surface area (Å²) >= 11 is 0. The van der Waals surface area contributed by atoms with Crippen LogP contribution in [0.5, 0.6) is 11.5 Å². The van der Waals surface area contributed by atoms with Gasteiger partial charge in [-0.2, -0.15) is 0 Å². The zero-order chi connectivity index (χ0) is 23.1. The summed E-state index contributed by atoms with van der Waals surface area (Å²) in [5.74, 6) is 1.16. The normalized spacial score (nSPS) is 14.2. The van der Waals surface area contributed by atoms with E-state index in [2.05, 4.69) is 10.2 Å². The molecule has 0 unspecified atom stereocenters. The largest absolute Gasteiger partial charge is 0.490 e. The number of nitrogens with zero attached hydrogens (tertiary/aromatic N) is 2. The van der Waals surface area contributed by atoms with Gasteiger partial charge in [-0.25, -0.2) is 0 Å². The van der Waals surface area contributed by atoms with Crippen molar-refractivity contribution >= 4 is 17.5 Å². The summed E-state index contributed by atoms with van der Waals surface area (Å²) in [4.78, 5) is 29.4. The lowest BCUT2D eigenvalue weighted by Crippen LogP contribution is -2.50. The molecule has 1 saturated heterocycles. The first-order valence-corrected chi connectivity index (χ1v) is 11.2. The van der Waals surface area contributed by atoms with Crippen LogP contribution in [0.25, 0.3) is 0 Å². The van der Waals surface area contributed by atoms with E-state index in [0.29, 0.717) is 63.0 Å². The van der Waals surface area contributed by atoms with Crippen molar-refractivity contribution in [3.05, 3.63) is 53.1 Å². The molecule has 2 aromatic rings. The van der Waals surface area contributed by atoms with E-state index in [1.54, 1.807) is 18.2 Å². The fourth-order valence-electron chi connectivity index (χ4n) is 3.76. The number of ether oxygens (including phenoxy) is 2. The van der Waals surface area contributed by atoms with Crippen molar-refractivity contribution in [2.75, 3.05) is 51.3 Å². The van der Waals surface area contributed by atoms with Crippen LogP contribution in [0.1, 0.15) is 35.3 Å². The Labute approximate surface area is 190 Å². The van der Waals surface area contributed by atoms with Gasteiger partial charge in [0.05, 0.1) is 19.8 Å². The van der Waals surface area contributed by atoms with Gasteiger partial charge < -0.3 is 19.7 Å². The molecule has 7 heteroatoms. The Kier molecular flexibility index (Phi) is 8.11. The number of hydrogen-bond donors (Lipinski definition) is 1. The first-order chi connectivity index (χ1) is 15.4. The lowest BCUT2D eigenvalue weighted by molar-refractivity contribution is -0.117. The number of hydrogen-bond acceptors (Lipinski definition) is 5. The second-order valence-corrected chi connectivity index (χ2v) is 7.89. The average Bonchev–Trinajstić information content (AvgIpc) is 2.78. The van der Waals surface area contributed by atoms with Gasteiger partial charge >= 0.3 is 0 Å². The molecule has 32 heavy (non-hydrogen) atoms.